The molecule has 1 nitrogen and oxygen atoms in total. The van der Waals surface area contributed by atoms with Crippen LogP contribution in [0.4, 0.5) is 17.1 Å². The molecule has 51 heavy (non-hydrogen) atoms. The van der Waals surface area contributed by atoms with Gasteiger partial charge in [-0.3, -0.25) is 0 Å². The maximum absolute atomic E-state index is 2.49. The van der Waals surface area contributed by atoms with Crippen LogP contribution in [0.5, 0.6) is 0 Å². The van der Waals surface area contributed by atoms with Gasteiger partial charge >= 0.3 is 0 Å². The molecule has 2 heteroatoms. The standard InChI is InChI=1S/C49H31NS/c1-2-14-32(15-3-1)35-16-7-12-24-46(35)50(33-27-29-48-41(30-33)40-20-8-13-25-47(40)51-48)34-26-28-39-38-19-6-11-23-44(38)49(45(39)31-34)42-21-9-4-17-36(42)37-18-5-10-22-43(37)49/h1-31H. The zero-order valence-electron chi connectivity index (χ0n) is 27.8. The molecule has 238 valence electrons. The number of thiophene rings is 1. The topological polar surface area (TPSA) is 3.24 Å². The number of para-hydroxylation sites is 1. The SMILES string of the molecule is c1ccc(-c2ccccc2N(c2ccc3c(c2)C2(c4ccccc4-c4ccccc42)c2ccccc2-3)c2ccc3sc4ccccc4c3c2)cc1. The minimum absolute atomic E-state index is 0.409. The van der Waals surface area contributed by atoms with Crippen LogP contribution in [0.25, 0.3) is 53.6 Å². The fraction of sp³-hybridized carbons (Fsp3) is 0.0204. The van der Waals surface area contributed by atoms with Crippen LogP contribution in [-0.2, 0) is 5.41 Å². The van der Waals surface area contributed by atoms with Gasteiger partial charge in [-0.25, -0.2) is 0 Å². The molecular formula is C49H31NS. The van der Waals surface area contributed by atoms with E-state index in [0.29, 0.717) is 0 Å². The minimum atomic E-state index is -0.409. The molecule has 0 bridgehead atoms. The van der Waals surface area contributed by atoms with Crippen LogP contribution >= 0.6 is 11.3 Å². The van der Waals surface area contributed by atoms with Crippen LogP contribution < -0.4 is 4.90 Å². The van der Waals surface area contributed by atoms with E-state index in [0.717, 1.165) is 17.1 Å². The minimum Gasteiger partial charge on any atom is -0.310 e. The van der Waals surface area contributed by atoms with Gasteiger partial charge in [-0.15, -0.1) is 11.3 Å². The molecule has 0 amide bonds. The Morgan fingerprint density at radius 2 is 0.863 bits per heavy atom. The van der Waals surface area contributed by atoms with Gasteiger partial charge < -0.3 is 4.90 Å². The Morgan fingerprint density at radius 3 is 1.57 bits per heavy atom. The summed E-state index contributed by atoms with van der Waals surface area (Å²) in [5.41, 5.74) is 16.1. The number of fused-ring (bicyclic) bond motifs is 13. The van der Waals surface area contributed by atoms with E-state index >= 15 is 0 Å². The molecule has 0 radical (unpaired) electrons. The summed E-state index contributed by atoms with van der Waals surface area (Å²) in [5.74, 6) is 0. The van der Waals surface area contributed by atoms with Crippen LogP contribution in [0.15, 0.2) is 188 Å². The van der Waals surface area contributed by atoms with E-state index < -0.39 is 5.41 Å². The highest BCUT2D eigenvalue weighted by molar-refractivity contribution is 7.25. The Bertz CT molecular complexity index is 2760. The fourth-order valence-electron chi connectivity index (χ4n) is 9.03. The van der Waals surface area contributed by atoms with Crippen LogP contribution in [0.1, 0.15) is 22.3 Å². The van der Waals surface area contributed by atoms with Crippen molar-refractivity contribution in [1.82, 2.24) is 0 Å². The first-order valence-corrected chi connectivity index (χ1v) is 18.4. The Hall–Kier alpha value is -6.22. The van der Waals surface area contributed by atoms with Crippen LogP contribution in [0.2, 0.25) is 0 Å². The second-order valence-corrected chi connectivity index (χ2v) is 14.7. The van der Waals surface area contributed by atoms with E-state index in [1.54, 1.807) is 0 Å². The zero-order chi connectivity index (χ0) is 33.5. The Balaban J connectivity index is 1.22. The Morgan fingerprint density at radius 1 is 0.353 bits per heavy atom. The lowest BCUT2D eigenvalue weighted by Crippen LogP contribution is -2.26. The van der Waals surface area contributed by atoms with E-state index in [9.17, 15) is 0 Å². The quantitative estimate of drug-likeness (QED) is 0.181. The molecule has 8 aromatic carbocycles. The van der Waals surface area contributed by atoms with E-state index in [1.165, 1.54) is 75.8 Å². The first-order valence-electron chi connectivity index (χ1n) is 17.6. The Labute approximate surface area is 301 Å². The number of hydrogen-bond donors (Lipinski definition) is 0. The van der Waals surface area contributed by atoms with Crippen molar-refractivity contribution in [2.45, 2.75) is 5.41 Å². The summed E-state index contributed by atoms with van der Waals surface area (Å²) in [7, 11) is 0. The monoisotopic (exact) mass is 665 g/mol. The summed E-state index contributed by atoms with van der Waals surface area (Å²) >= 11 is 1.86. The first-order chi connectivity index (χ1) is 25.3. The van der Waals surface area contributed by atoms with Crippen LogP contribution in [-0.4, -0.2) is 0 Å². The third-order valence-corrected chi connectivity index (χ3v) is 12.2. The van der Waals surface area contributed by atoms with Crippen molar-refractivity contribution in [3.05, 3.63) is 210 Å². The maximum atomic E-state index is 2.49. The smallest absolute Gasteiger partial charge is 0.0726 e. The molecule has 0 unspecified atom stereocenters. The summed E-state index contributed by atoms with van der Waals surface area (Å²) in [6.07, 6.45) is 0. The molecule has 0 N–H and O–H groups in total. The number of anilines is 3. The van der Waals surface area contributed by atoms with E-state index in [4.69, 9.17) is 0 Å². The summed E-state index contributed by atoms with van der Waals surface area (Å²) < 4.78 is 2.62. The molecule has 0 atom stereocenters. The van der Waals surface area contributed by atoms with E-state index in [1.807, 2.05) is 11.3 Å². The van der Waals surface area contributed by atoms with Gasteiger partial charge in [0.25, 0.3) is 0 Å². The largest absolute Gasteiger partial charge is 0.310 e. The molecule has 1 heterocycles. The predicted molar refractivity (Wildman–Crippen MR) is 216 cm³/mol. The zero-order valence-corrected chi connectivity index (χ0v) is 28.6. The molecule has 0 saturated heterocycles. The lowest BCUT2D eigenvalue weighted by molar-refractivity contribution is 0.793. The van der Waals surface area contributed by atoms with Gasteiger partial charge in [-0.2, -0.15) is 0 Å². The molecular weight excluding hydrogens is 635 g/mol. The molecule has 9 aromatic rings. The van der Waals surface area contributed by atoms with Crippen molar-refractivity contribution in [2.24, 2.45) is 0 Å². The summed E-state index contributed by atoms with van der Waals surface area (Å²) in [5, 5.41) is 2.59. The molecule has 0 saturated carbocycles. The van der Waals surface area contributed by atoms with E-state index in [-0.39, 0.29) is 0 Å². The van der Waals surface area contributed by atoms with Crippen molar-refractivity contribution in [1.29, 1.82) is 0 Å². The average Bonchev–Trinajstić information content (AvgIpc) is 3.82. The van der Waals surface area contributed by atoms with E-state index in [2.05, 4.69) is 193 Å². The predicted octanol–water partition coefficient (Wildman–Crippen LogP) is 13.5. The van der Waals surface area contributed by atoms with Crippen molar-refractivity contribution >= 4 is 48.6 Å². The molecule has 11 rings (SSSR count). The van der Waals surface area contributed by atoms with Crippen LogP contribution in [0, 0.1) is 0 Å². The van der Waals surface area contributed by atoms with Gasteiger partial charge in [-0.05, 0) is 92.5 Å². The van der Waals surface area contributed by atoms with Crippen LogP contribution in [0.3, 0.4) is 0 Å². The maximum Gasteiger partial charge on any atom is 0.0726 e. The van der Waals surface area contributed by atoms with Gasteiger partial charge in [0.05, 0.1) is 11.1 Å². The van der Waals surface area contributed by atoms with Gasteiger partial charge in [0.1, 0.15) is 0 Å². The summed E-state index contributed by atoms with van der Waals surface area (Å²) in [6.45, 7) is 0. The van der Waals surface area contributed by atoms with Crippen molar-refractivity contribution < 1.29 is 0 Å². The number of benzene rings is 8. The fourth-order valence-corrected chi connectivity index (χ4v) is 10.1. The number of hydrogen-bond acceptors (Lipinski definition) is 2. The number of rotatable bonds is 4. The highest BCUT2D eigenvalue weighted by Crippen LogP contribution is 2.63. The molecule has 2 aliphatic carbocycles. The third kappa shape index (κ3) is 3.97. The molecule has 0 aliphatic heterocycles. The molecule has 2 aliphatic rings. The Kier molecular flexibility index (Phi) is 6.11. The average molecular weight is 666 g/mol. The lowest BCUT2D eigenvalue weighted by atomic mass is 9.70. The first kappa shape index (κ1) is 28.6. The number of nitrogens with zero attached hydrogens (tertiary/aromatic N) is 1. The van der Waals surface area contributed by atoms with Crippen molar-refractivity contribution in [3.63, 3.8) is 0 Å². The van der Waals surface area contributed by atoms with Gasteiger partial charge in [0.15, 0.2) is 0 Å². The molecule has 1 aromatic heterocycles. The second kappa shape index (κ2) is 10.9. The molecule has 0 fully saturated rings. The summed E-state index contributed by atoms with van der Waals surface area (Å²) in [6, 6.07) is 69.8. The second-order valence-electron chi connectivity index (χ2n) is 13.6. The van der Waals surface area contributed by atoms with Gasteiger partial charge in [-0.1, -0.05) is 146 Å². The van der Waals surface area contributed by atoms with Gasteiger partial charge in [0, 0.05) is 37.1 Å². The van der Waals surface area contributed by atoms with Crippen molar-refractivity contribution in [3.8, 4) is 33.4 Å². The highest BCUT2D eigenvalue weighted by Gasteiger charge is 2.51. The highest BCUT2D eigenvalue weighted by atomic mass is 32.1. The van der Waals surface area contributed by atoms with Gasteiger partial charge in [0.2, 0.25) is 0 Å². The summed E-state index contributed by atoms with van der Waals surface area (Å²) in [4.78, 5) is 2.48. The third-order valence-electron chi connectivity index (χ3n) is 11.1. The molecule has 1 spiro atoms. The lowest BCUT2D eigenvalue weighted by Gasteiger charge is -2.32. The van der Waals surface area contributed by atoms with Crippen molar-refractivity contribution in [2.75, 3.05) is 4.90 Å². The normalized spacial score (nSPS) is 13.3.